The molecule has 0 amide bonds. The largest absolute Gasteiger partial charge is 0.309 e. The molecule has 0 aliphatic carbocycles. The minimum Gasteiger partial charge on any atom is -0.309 e. The highest BCUT2D eigenvalue weighted by atomic mass is 32.2. The molecule has 0 saturated carbocycles. The molecule has 1 unspecified atom stereocenters. The lowest BCUT2D eigenvalue weighted by Gasteiger charge is -2.13. The first-order chi connectivity index (χ1) is 6.99. The van der Waals surface area contributed by atoms with Crippen molar-refractivity contribution in [3.63, 3.8) is 0 Å². The van der Waals surface area contributed by atoms with Crippen molar-refractivity contribution in [2.75, 3.05) is 12.3 Å². The van der Waals surface area contributed by atoms with E-state index in [9.17, 15) is 8.42 Å². The molecular formula is C10H15NO3S. The fourth-order valence-corrected chi connectivity index (χ4v) is 1.64. The Labute approximate surface area is 90.1 Å². The van der Waals surface area contributed by atoms with E-state index in [2.05, 4.69) is 5.32 Å². The second-order valence-corrected chi connectivity index (χ2v) is 4.94. The summed E-state index contributed by atoms with van der Waals surface area (Å²) in [6.07, 6.45) is 0. The van der Waals surface area contributed by atoms with Crippen molar-refractivity contribution in [1.82, 2.24) is 5.32 Å². The lowest BCUT2D eigenvalue weighted by molar-refractivity contribution is 0.477. The van der Waals surface area contributed by atoms with Crippen LogP contribution in [0.3, 0.4) is 0 Å². The van der Waals surface area contributed by atoms with E-state index in [0.29, 0.717) is 0 Å². The van der Waals surface area contributed by atoms with Gasteiger partial charge in [-0.25, -0.2) is 0 Å². The highest BCUT2D eigenvalue weighted by Crippen LogP contribution is 2.10. The zero-order valence-electron chi connectivity index (χ0n) is 8.55. The molecule has 1 aromatic rings. The molecule has 0 heterocycles. The Morgan fingerprint density at radius 1 is 1.33 bits per heavy atom. The van der Waals surface area contributed by atoms with E-state index in [-0.39, 0.29) is 18.3 Å². The van der Waals surface area contributed by atoms with E-state index >= 15 is 0 Å². The van der Waals surface area contributed by atoms with E-state index in [1.54, 1.807) is 0 Å². The Balaban J connectivity index is 2.41. The van der Waals surface area contributed by atoms with E-state index in [0.717, 1.165) is 5.56 Å². The molecule has 84 valence electrons. The van der Waals surface area contributed by atoms with Crippen LogP contribution in [0.25, 0.3) is 0 Å². The van der Waals surface area contributed by atoms with Crippen molar-refractivity contribution >= 4 is 10.1 Å². The summed E-state index contributed by atoms with van der Waals surface area (Å²) in [5, 5.41) is 3.02. The Morgan fingerprint density at radius 3 is 2.47 bits per heavy atom. The number of hydrogen-bond acceptors (Lipinski definition) is 3. The zero-order valence-corrected chi connectivity index (χ0v) is 9.37. The van der Waals surface area contributed by atoms with Gasteiger partial charge in [-0.15, -0.1) is 0 Å². The summed E-state index contributed by atoms with van der Waals surface area (Å²) >= 11 is 0. The molecule has 1 atom stereocenters. The van der Waals surface area contributed by atoms with Crippen molar-refractivity contribution in [3.05, 3.63) is 35.9 Å². The van der Waals surface area contributed by atoms with Crippen LogP contribution in [0.1, 0.15) is 18.5 Å². The van der Waals surface area contributed by atoms with Crippen LogP contribution in [-0.2, 0) is 10.1 Å². The van der Waals surface area contributed by atoms with Gasteiger partial charge < -0.3 is 5.32 Å². The van der Waals surface area contributed by atoms with Crippen molar-refractivity contribution in [2.45, 2.75) is 13.0 Å². The van der Waals surface area contributed by atoms with Crippen LogP contribution >= 0.6 is 0 Å². The van der Waals surface area contributed by atoms with E-state index in [1.807, 2.05) is 37.3 Å². The summed E-state index contributed by atoms with van der Waals surface area (Å²) < 4.78 is 29.5. The SMILES string of the molecule is CC(NCCS(=O)(=O)O)c1ccccc1. The molecule has 15 heavy (non-hydrogen) atoms. The molecule has 1 aromatic carbocycles. The topological polar surface area (TPSA) is 66.4 Å². The Morgan fingerprint density at radius 2 is 1.93 bits per heavy atom. The average Bonchev–Trinajstić information content (AvgIpc) is 2.17. The second kappa shape index (κ2) is 5.25. The minimum absolute atomic E-state index is 0.0768. The number of benzene rings is 1. The normalized spacial score (nSPS) is 13.7. The predicted molar refractivity (Wildman–Crippen MR) is 59.3 cm³/mol. The van der Waals surface area contributed by atoms with Crippen molar-refractivity contribution in [1.29, 1.82) is 0 Å². The Kier molecular flexibility index (Phi) is 4.26. The molecule has 0 spiro atoms. The van der Waals surface area contributed by atoms with Gasteiger partial charge >= 0.3 is 0 Å². The highest BCUT2D eigenvalue weighted by molar-refractivity contribution is 7.85. The zero-order chi connectivity index (χ0) is 11.3. The first kappa shape index (κ1) is 12.2. The Bertz CT molecular complexity index is 388. The molecule has 0 saturated heterocycles. The van der Waals surface area contributed by atoms with Crippen LogP contribution in [0.4, 0.5) is 0 Å². The van der Waals surface area contributed by atoms with Gasteiger partial charge in [-0.1, -0.05) is 30.3 Å². The maximum atomic E-state index is 10.5. The lowest BCUT2D eigenvalue weighted by atomic mass is 10.1. The van der Waals surface area contributed by atoms with Crippen molar-refractivity contribution in [2.24, 2.45) is 0 Å². The van der Waals surface area contributed by atoms with Gasteiger partial charge in [0, 0.05) is 12.6 Å². The third-order valence-corrected chi connectivity index (χ3v) is 2.83. The molecule has 0 aliphatic rings. The molecule has 1 rings (SSSR count). The molecule has 4 nitrogen and oxygen atoms in total. The third kappa shape index (κ3) is 4.92. The molecule has 5 heteroatoms. The molecule has 2 N–H and O–H groups in total. The van der Waals surface area contributed by atoms with Gasteiger partial charge in [0.2, 0.25) is 0 Å². The van der Waals surface area contributed by atoms with Crippen LogP contribution in [-0.4, -0.2) is 25.3 Å². The number of rotatable bonds is 5. The lowest BCUT2D eigenvalue weighted by Crippen LogP contribution is -2.25. The Hall–Kier alpha value is -0.910. The monoisotopic (exact) mass is 229 g/mol. The fraction of sp³-hybridized carbons (Fsp3) is 0.400. The van der Waals surface area contributed by atoms with Crippen molar-refractivity contribution in [3.8, 4) is 0 Å². The first-order valence-electron chi connectivity index (χ1n) is 4.72. The van der Waals surface area contributed by atoms with Gasteiger partial charge in [0.05, 0.1) is 5.75 Å². The van der Waals surface area contributed by atoms with E-state index in [4.69, 9.17) is 4.55 Å². The first-order valence-corrected chi connectivity index (χ1v) is 6.33. The van der Waals surface area contributed by atoms with Gasteiger partial charge in [0.1, 0.15) is 0 Å². The summed E-state index contributed by atoms with van der Waals surface area (Å²) in [5.41, 5.74) is 1.09. The van der Waals surface area contributed by atoms with Crippen LogP contribution in [0.2, 0.25) is 0 Å². The second-order valence-electron chi connectivity index (χ2n) is 3.37. The number of nitrogens with one attached hydrogen (secondary N) is 1. The fourth-order valence-electron chi connectivity index (χ4n) is 1.26. The summed E-state index contributed by atoms with van der Waals surface area (Å²) in [6.45, 7) is 2.19. The third-order valence-electron chi connectivity index (χ3n) is 2.11. The maximum absolute atomic E-state index is 10.5. The summed E-state index contributed by atoms with van der Waals surface area (Å²) in [4.78, 5) is 0. The van der Waals surface area contributed by atoms with Gasteiger partial charge in [-0.3, -0.25) is 4.55 Å². The highest BCUT2D eigenvalue weighted by Gasteiger charge is 2.07. The van der Waals surface area contributed by atoms with E-state index in [1.165, 1.54) is 0 Å². The van der Waals surface area contributed by atoms with Crippen LogP contribution in [0.5, 0.6) is 0 Å². The van der Waals surface area contributed by atoms with E-state index < -0.39 is 10.1 Å². The summed E-state index contributed by atoms with van der Waals surface area (Å²) in [7, 11) is -3.86. The predicted octanol–water partition coefficient (Wildman–Crippen LogP) is 1.23. The molecule has 0 bridgehead atoms. The molecule has 0 aromatic heterocycles. The molecule has 0 fully saturated rings. The standard InChI is InChI=1S/C10H15NO3S/c1-9(10-5-3-2-4-6-10)11-7-8-15(12,13)14/h2-6,9,11H,7-8H2,1H3,(H,12,13,14). The number of hydrogen-bond donors (Lipinski definition) is 2. The molecular weight excluding hydrogens is 214 g/mol. The van der Waals surface area contributed by atoms with Crippen LogP contribution in [0, 0.1) is 0 Å². The average molecular weight is 229 g/mol. The van der Waals surface area contributed by atoms with Gasteiger partial charge in [-0.05, 0) is 12.5 Å². The van der Waals surface area contributed by atoms with Crippen LogP contribution in [0.15, 0.2) is 30.3 Å². The molecule has 0 radical (unpaired) electrons. The van der Waals surface area contributed by atoms with Gasteiger partial charge in [-0.2, -0.15) is 8.42 Å². The minimum atomic E-state index is -3.86. The quantitative estimate of drug-likeness (QED) is 0.745. The summed E-state index contributed by atoms with van der Waals surface area (Å²) in [5.74, 6) is -0.260. The summed E-state index contributed by atoms with van der Waals surface area (Å²) in [6, 6.07) is 9.78. The smallest absolute Gasteiger partial charge is 0.266 e. The van der Waals surface area contributed by atoms with Gasteiger partial charge in [0.15, 0.2) is 0 Å². The van der Waals surface area contributed by atoms with Crippen LogP contribution < -0.4 is 5.32 Å². The molecule has 0 aliphatic heterocycles. The maximum Gasteiger partial charge on any atom is 0.266 e. The van der Waals surface area contributed by atoms with Crippen molar-refractivity contribution < 1.29 is 13.0 Å². The van der Waals surface area contributed by atoms with Gasteiger partial charge in [0.25, 0.3) is 10.1 Å².